The Morgan fingerprint density at radius 1 is 0.239 bits per heavy atom. The van der Waals surface area contributed by atoms with E-state index in [0.717, 1.165) is 146 Å². The maximum absolute atomic E-state index is 2.72. The fourth-order valence-electron chi connectivity index (χ4n) is 18.6. The number of hydrogen-bond donors (Lipinski definition) is 0. The molecule has 0 saturated heterocycles. The number of nitrogens with zero attached hydrogens (tertiary/aromatic N) is 6. The summed E-state index contributed by atoms with van der Waals surface area (Å²) in [6.07, 6.45) is 0. The van der Waals surface area contributed by atoms with Gasteiger partial charge in [0.1, 0.15) is 0 Å². The molecule has 3 aromatic heterocycles. The summed E-state index contributed by atoms with van der Waals surface area (Å²) >= 11 is 0. The van der Waals surface area contributed by atoms with E-state index in [1.54, 1.807) is 0 Å². The van der Waals surface area contributed by atoms with E-state index >= 15 is 0 Å². The van der Waals surface area contributed by atoms with E-state index in [2.05, 4.69) is 450 Å². The van der Waals surface area contributed by atoms with Gasteiger partial charge in [0, 0.05) is 100 Å². The predicted molar refractivity (Wildman–Crippen MR) is 479 cm³/mol. The molecule has 6 nitrogen and oxygen atoms in total. The van der Waals surface area contributed by atoms with Crippen LogP contribution in [0.15, 0.2) is 400 Å². The van der Waals surface area contributed by atoms with Gasteiger partial charge in [-0.2, -0.15) is 0 Å². The van der Waals surface area contributed by atoms with E-state index < -0.39 is 0 Å². The zero-order valence-corrected chi connectivity index (χ0v) is 62.9. The van der Waals surface area contributed by atoms with E-state index in [0.29, 0.717) is 0 Å². The Morgan fingerprint density at radius 3 is 1.01 bits per heavy atom. The lowest BCUT2D eigenvalue weighted by molar-refractivity contribution is 0.591. The highest BCUT2D eigenvalue weighted by atomic mass is 15.2. The maximum atomic E-state index is 2.72. The van der Waals surface area contributed by atoms with Crippen molar-refractivity contribution in [3.63, 3.8) is 0 Å². The van der Waals surface area contributed by atoms with Gasteiger partial charge < -0.3 is 28.4 Å². The summed E-state index contributed by atoms with van der Waals surface area (Å²) in [6.45, 7) is 6.77. The smallest absolute Gasteiger partial charge is 0.252 e. The summed E-state index contributed by atoms with van der Waals surface area (Å²) in [5.74, 6) is 0. The van der Waals surface area contributed by atoms with Crippen molar-refractivity contribution in [1.82, 2.24) is 13.7 Å². The third-order valence-corrected chi connectivity index (χ3v) is 23.7. The normalized spacial score (nSPS) is 12.5. The van der Waals surface area contributed by atoms with E-state index in [1.165, 1.54) is 54.3 Å². The van der Waals surface area contributed by atoms with Gasteiger partial charge in [0.15, 0.2) is 0 Å². The largest absolute Gasteiger partial charge is 0.311 e. The van der Waals surface area contributed by atoms with Gasteiger partial charge in [-0.25, -0.2) is 0 Å². The van der Waals surface area contributed by atoms with Crippen molar-refractivity contribution in [3.8, 4) is 61.6 Å². The van der Waals surface area contributed by atoms with Crippen molar-refractivity contribution >= 4 is 140 Å². The number of benzene rings is 17. The van der Waals surface area contributed by atoms with Crippen molar-refractivity contribution in [1.29, 1.82) is 0 Å². The van der Waals surface area contributed by atoms with Crippen LogP contribution in [0.1, 0.15) is 26.3 Å². The molecule has 113 heavy (non-hydrogen) atoms. The van der Waals surface area contributed by atoms with Gasteiger partial charge in [-0.05, 0) is 200 Å². The van der Waals surface area contributed by atoms with Crippen molar-refractivity contribution in [2.24, 2.45) is 0 Å². The van der Waals surface area contributed by atoms with Crippen molar-refractivity contribution < 1.29 is 0 Å². The zero-order valence-electron chi connectivity index (χ0n) is 62.9. The molecule has 0 N–H and O–H groups in total. The van der Waals surface area contributed by atoms with Crippen molar-refractivity contribution in [2.75, 3.05) is 14.7 Å². The Morgan fingerprint density at radius 2 is 0.584 bits per heavy atom. The van der Waals surface area contributed by atoms with Gasteiger partial charge in [-0.3, -0.25) is 0 Å². The summed E-state index contributed by atoms with van der Waals surface area (Å²) in [4.78, 5) is 7.74. The maximum Gasteiger partial charge on any atom is 0.252 e. The molecule has 0 fully saturated rings. The SMILES string of the molecule is CC(C)(C)c1cc(-c2ccccc2)c(N2c3cc(-n4c5ccccc5c5ccccc54)ccc3B3c4ccc(-n5c6ccccc6c6cc(N(c7ccccc7)c7ccccc7)ccc65)cc4N(c4cc(-c5ccccc5)cc(-c5ccccc5)c4)c4cc(-n5c6ccccc6c6ccccc65)cc2c43)c(-c2ccccc2)c1. The van der Waals surface area contributed by atoms with Crippen LogP contribution < -0.4 is 31.1 Å². The number of anilines is 9. The molecule has 0 amide bonds. The molecule has 0 bridgehead atoms. The summed E-state index contributed by atoms with van der Waals surface area (Å²) < 4.78 is 7.56. The topological polar surface area (TPSA) is 24.5 Å². The molecule has 0 spiro atoms. The Hall–Kier alpha value is -14.4. The van der Waals surface area contributed by atoms with Gasteiger partial charge in [0.2, 0.25) is 0 Å². The fourth-order valence-corrected chi connectivity index (χ4v) is 18.6. The Labute approximate surface area is 657 Å². The van der Waals surface area contributed by atoms with Gasteiger partial charge in [-0.15, -0.1) is 0 Å². The molecular weight excluding hydrogens is 1370 g/mol. The van der Waals surface area contributed by atoms with Crippen LogP contribution in [0.5, 0.6) is 0 Å². The van der Waals surface area contributed by atoms with E-state index in [-0.39, 0.29) is 12.1 Å². The molecule has 17 aromatic carbocycles. The molecule has 0 aliphatic carbocycles. The fraction of sp³-hybridized carbons (Fsp3) is 0.0377. The molecule has 0 saturated carbocycles. The van der Waals surface area contributed by atoms with Crippen LogP contribution >= 0.6 is 0 Å². The van der Waals surface area contributed by atoms with Crippen LogP contribution in [0.2, 0.25) is 0 Å². The summed E-state index contributed by atoms with van der Waals surface area (Å²) in [5.41, 5.74) is 33.5. The Balaban J connectivity index is 0.897. The van der Waals surface area contributed by atoms with E-state index in [4.69, 9.17) is 0 Å². The lowest BCUT2D eigenvalue weighted by Crippen LogP contribution is -2.61. The minimum atomic E-state index is -0.297. The van der Waals surface area contributed by atoms with Gasteiger partial charge in [0.25, 0.3) is 6.71 Å². The Kier molecular flexibility index (Phi) is 15.2. The van der Waals surface area contributed by atoms with Crippen molar-refractivity contribution in [3.05, 3.63) is 406 Å². The summed E-state index contributed by atoms with van der Waals surface area (Å²) in [5, 5.41) is 7.16. The molecule has 532 valence electrons. The molecule has 22 rings (SSSR count). The molecule has 20 aromatic rings. The lowest BCUT2D eigenvalue weighted by atomic mass is 9.33. The number of para-hydroxylation sites is 7. The highest BCUT2D eigenvalue weighted by Crippen LogP contribution is 2.54. The molecule has 0 radical (unpaired) electrons. The predicted octanol–water partition coefficient (Wildman–Crippen LogP) is 26.5. The molecular formula is C106H75BN6. The molecule has 5 heterocycles. The monoisotopic (exact) mass is 1440 g/mol. The van der Waals surface area contributed by atoms with Gasteiger partial charge >= 0.3 is 0 Å². The quantitative estimate of drug-likeness (QED) is 0.114. The average molecular weight is 1440 g/mol. The van der Waals surface area contributed by atoms with Gasteiger partial charge in [-0.1, -0.05) is 282 Å². The summed E-state index contributed by atoms with van der Waals surface area (Å²) in [7, 11) is 0. The summed E-state index contributed by atoms with van der Waals surface area (Å²) in [6, 6.07) is 150. The minimum absolute atomic E-state index is 0.222. The standard InChI is InChI=1S/C106H75BN6/c1-106(2,3)76-63-89(72-36-14-6-15-37-72)105(90(64-76)73-38-16-7-17-39-73)113-101-67-81(109-94-49-27-22-44-84(94)85-45-23-28-50-95(85)109)55-58-93(101)107-92-57-54-80(110-98-53-31-26-48-88(98)91-65-79(56-59-99(91)110)108(77-40-18-8-19-41-77)78-42-20-9-21-43-78)66-100(92)112(82-61-74(70-32-10-4-11-33-70)60-75(62-82)71-34-12-5-13-35-71)102-68-83(69-103(113)104(102)107)111-96-51-29-24-46-86(96)87-47-25-30-52-97(87)111/h4-69H,1-3H3. The zero-order chi connectivity index (χ0) is 75.0. The highest BCUT2D eigenvalue weighted by molar-refractivity contribution is 7.00. The molecule has 0 unspecified atom stereocenters. The lowest BCUT2D eigenvalue weighted by Gasteiger charge is -2.45. The highest BCUT2D eigenvalue weighted by Gasteiger charge is 2.46. The van der Waals surface area contributed by atoms with Crippen molar-refractivity contribution in [2.45, 2.75) is 26.2 Å². The number of fused-ring (bicyclic) bond motifs is 13. The number of hydrogen-bond acceptors (Lipinski definition) is 3. The number of rotatable bonds is 12. The molecule has 7 heteroatoms. The molecule has 2 aliphatic rings. The minimum Gasteiger partial charge on any atom is -0.311 e. The van der Waals surface area contributed by atoms with Crippen LogP contribution in [-0.4, -0.2) is 20.4 Å². The first-order valence-corrected chi connectivity index (χ1v) is 39.2. The van der Waals surface area contributed by atoms with Gasteiger partial charge in [0.05, 0.1) is 44.5 Å². The first-order valence-electron chi connectivity index (χ1n) is 39.2. The second-order valence-electron chi connectivity index (χ2n) is 31.2. The molecule has 0 atom stereocenters. The Bertz CT molecular complexity index is 6900. The van der Waals surface area contributed by atoms with Crippen LogP contribution in [0.25, 0.3) is 127 Å². The van der Waals surface area contributed by atoms with Crippen LogP contribution in [0.3, 0.4) is 0 Å². The van der Waals surface area contributed by atoms with E-state index in [1.807, 2.05) is 0 Å². The third-order valence-electron chi connectivity index (χ3n) is 23.7. The van der Waals surface area contributed by atoms with Crippen LogP contribution in [0, 0.1) is 0 Å². The first kappa shape index (κ1) is 65.7. The molecule has 2 aliphatic heterocycles. The average Bonchev–Trinajstić information content (AvgIpc) is 1.63. The van der Waals surface area contributed by atoms with Crippen LogP contribution in [0.4, 0.5) is 51.2 Å². The second kappa shape index (κ2) is 26.2. The van der Waals surface area contributed by atoms with E-state index in [9.17, 15) is 0 Å². The third kappa shape index (κ3) is 10.6. The number of aromatic nitrogens is 3. The second-order valence-corrected chi connectivity index (χ2v) is 31.2. The first-order chi connectivity index (χ1) is 55.7. The van der Waals surface area contributed by atoms with Crippen LogP contribution in [-0.2, 0) is 5.41 Å².